The van der Waals surface area contributed by atoms with Crippen molar-refractivity contribution in [1.82, 2.24) is 25.8 Å². The number of nitrogens with one attached hydrogen (secondary N) is 3. The van der Waals surface area contributed by atoms with Crippen molar-refractivity contribution < 1.29 is 28.8 Å². The Morgan fingerprint density at radius 1 is 0.852 bits per heavy atom. The van der Waals surface area contributed by atoms with Gasteiger partial charge in [-0.2, -0.15) is 11.8 Å². The summed E-state index contributed by atoms with van der Waals surface area (Å²) in [5.41, 5.74) is 12.8. The second kappa shape index (κ2) is 22.7. The number of benzene rings is 2. The Labute approximate surface area is 324 Å². The molecule has 6 amide bonds. The molecule has 0 bridgehead atoms. The van der Waals surface area contributed by atoms with Crippen molar-refractivity contribution in [2.75, 3.05) is 32.1 Å². The van der Waals surface area contributed by atoms with Crippen LogP contribution < -0.4 is 27.4 Å². The molecule has 0 spiro atoms. The fourth-order valence-electron chi connectivity index (χ4n) is 6.63. The van der Waals surface area contributed by atoms with Gasteiger partial charge in [-0.25, -0.2) is 0 Å². The van der Waals surface area contributed by atoms with Crippen LogP contribution >= 0.6 is 11.8 Å². The molecule has 2 aromatic carbocycles. The Bertz CT molecular complexity index is 1530. The van der Waals surface area contributed by atoms with E-state index < -0.39 is 59.7 Å². The normalized spacial score (nSPS) is 16.2. The Morgan fingerprint density at radius 2 is 1.44 bits per heavy atom. The first-order valence-corrected chi connectivity index (χ1v) is 20.3. The number of primary amides is 1. The van der Waals surface area contributed by atoms with E-state index in [0.717, 1.165) is 11.1 Å². The van der Waals surface area contributed by atoms with Gasteiger partial charge in [0.15, 0.2) is 0 Å². The van der Waals surface area contributed by atoms with Gasteiger partial charge in [-0.1, -0.05) is 74.5 Å². The highest BCUT2D eigenvalue weighted by atomic mass is 32.2. The fourth-order valence-corrected chi connectivity index (χ4v) is 7.10. The third-order valence-electron chi connectivity index (χ3n) is 9.59. The Morgan fingerprint density at radius 3 is 2.00 bits per heavy atom. The lowest BCUT2D eigenvalue weighted by molar-refractivity contribution is -0.148. The van der Waals surface area contributed by atoms with E-state index in [9.17, 15) is 28.8 Å². The number of thioether (sulfide) groups is 1. The molecule has 14 heteroatoms. The molecule has 7 N–H and O–H groups in total. The van der Waals surface area contributed by atoms with Crippen LogP contribution in [0.1, 0.15) is 69.9 Å². The molecule has 0 radical (unpaired) electrons. The standard InChI is InChI=1S/C40H59N7O6S/c1-27(2)24-34(38(51)44-30(36(42)49)20-23-54-4)46(3)40(53)33-18-13-22-47(33)39(52)32(26-29-16-9-6-10-17-29)45-37(50)31(25-28-14-7-5-8-15-28)43-35(48)19-11-12-21-41/h5-10,14-17,27,30-34H,11-13,18-26,41H2,1-4H3,(H2,42,49)(H,43,48)(H,44,51)(H,45,50)/t30-,31+,32+,33-,34-/m0/s1. The van der Waals surface area contributed by atoms with Crippen LogP contribution in [0.5, 0.6) is 0 Å². The second-order valence-electron chi connectivity index (χ2n) is 14.3. The summed E-state index contributed by atoms with van der Waals surface area (Å²) in [5.74, 6) is -2.12. The second-order valence-corrected chi connectivity index (χ2v) is 15.3. The summed E-state index contributed by atoms with van der Waals surface area (Å²) in [6, 6.07) is 13.9. The van der Waals surface area contributed by atoms with Gasteiger partial charge in [0.05, 0.1) is 0 Å². The average molecular weight is 766 g/mol. The summed E-state index contributed by atoms with van der Waals surface area (Å²) < 4.78 is 0. The first-order chi connectivity index (χ1) is 25.9. The van der Waals surface area contributed by atoms with Crippen molar-refractivity contribution in [2.24, 2.45) is 17.4 Å². The number of carbonyl (C=O) groups excluding carboxylic acids is 6. The number of hydrogen-bond donors (Lipinski definition) is 5. The van der Waals surface area contributed by atoms with Gasteiger partial charge >= 0.3 is 0 Å². The number of nitrogens with zero attached hydrogens (tertiary/aromatic N) is 2. The summed E-state index contributed by atoms with van der Waals surface area (Å²) in [4.78, 5) is 84.4. The smallest absolute Gasteiger partial charge is 0.246 e. The molecule has 0 aliphatic carbocycles. The maximum Gasteiger partial charge on any atom is 0.246 e. The molecule has 54 heavy (non-hydrogen) atoms. The maximum atomic E-state index is 14.5. The van der Waals surface area contributed by atoms with Crippen LogP contribution in [0.15, 0.2) is 60.7 Å². The van der Waals surface area contributed by atoms with Gasteiger partial charge in [0, 0.05) is 32.9 Å². The zero-order valence-corrected chi connectivity index (χ0v) is 32.9. The Hall–Kier alpha value is -4.43. The SMILES string of the molecule is CSCC[C@H](NC(=O)[C@H](CC(C)C)N(C)C(=O)[C@@H]1CCCN1C(=O)[C@@H](Cc1ccccc1)NC(=O)[C@@H](Cc1ccccc1)NC(=O)CCCCN)C(N)=O. The highest BCUT2D eigenvalue weighted by Crippen LogP contribution is 2.24. The first-order valence-electron chi connectivity index (χ1n) is 18.9. The van der Waals surface area contributed by atoms with E-state index in [4.69, 9.17) is 11.5 Å². The predicted octanol–water partition coefficient (Wildman–Crippen LogP) is 2.16. The van der Waals surface area contributed by atoms with E-state index in [2.05, 4.69) is 16.0 Å². The van der Waals surface area contributed by atoms with Crippen LogP contribution in [-0.4, -0.2) is 108 Å². The molecule has 1 aliphatic rings. The molecule has 1 heterocycles. The van der Waals surface area contributed by atoms with Gasteiger partial charge in [-0.3, -0.25) is 28.8 Å². The molecule has 3 rings (SSSR count). The lowest BCUT2D eigenvalue weighted by atomic mass is 9.99. The highest BCUT2D eigenvalue weighted by molar-refractivity contribution is 7.98. The van der Waals surface area contributed by atoms with Crippen molar-refractivity contribution in [1.29, 1.82) is 0 Å². The molecule has 0 saturated carbocycles. The van der Waals surface area contributed by atoms with Gasteiger partial charge in [-0.05, 0) is 74.1 Å². The number of carbonyl (C=O) groups is 6. The molecule has 0 unspecified atom stereocenters. The van der Waals surface area contributed by atoms with Crippen LogP contribution in [0.3, 0.4) is 0 Å². The van der Waals surface area contributed by atoms with Gasteiger partial charge in [-0.15, -0.1) is 0 Å². The third kappa shape index (κ3) is 13.8. The molecule has 1 aliphatic heterocycles. The predicted molar refractivity (Wildman–Crippen MR) is 212 cm³/mol. The fraction of sp³-hybridized carbons (Fsp3) is 0.550. The summed E-state index contributed by atoms with van der Waals surface area (Å²) >= 11 is 1.53. The van der Waals surface area contributed by atoms with Crippen molar-refractivity contribution in [2.45, 2.75) is 102 Å². The van der Waals surface area contributed by atoms with Gasteiger partial charge in [0.2, 0.25) is 35.4 Å². The first kappa shape index (κ1) is 44.0. The van der Waals surface area contributed by atoms with Crippen molar-refractivity contribution in [3.63, 3.8) is 0 Å². The van der Waals surface area contributed by atoms with Crippen LogP contribution in [-0.2, 0) is 41.6 Å². The Kier molecular flexibility index (Phi) is 18.5. The van der Waals surface area contributed by atoms with E-state index in [0.29, 0.717) is 50.8 Å². The van der Waals surface area contributed by atoms with Gasteiger partial charge in [0.25, 0.3) is 0 Å². The zero-order valence-electron chi connectivity index (χ0n) is 32.1. The molecule has 296 valence electrons. The maximum absolute atomic E-state index is 14.5. The minimum Gasteiger partial charge on any atom is -0.368 e. The van der Waals surface area contributed by atoms with Crippen molar-refractivity contribution >= 4 is 47.2 Å². The van der Waals surface area contributed by atoms with Crippen LogP contribution in [0.25, 0.3) is 0 Å². The minimum atomic E-state index is -1.05. The number of unbranched alkanes of at least 4 members (excludes halogenated alkanes) is 1. The number of rotatable bonds is 22. The van der Waals surface area contributed by atoms with Crippen molar-refractivity contribution in [3.8, 4) is 0 Å². The summed E-state index contributed by atoms with van der Waals surface area (Å²) in [6.45, 7) is 4.62. The molecule has 2 aromatic rings. The van der Waals surface area contributed by atoms with E-state index in [1.165, 1.54) is 21.6 Å². The van der Waals surface area contributed by atoms with Crippen LogP contribution in [0, 0.1) is 5.92 Å². The number of nitrogens with two attached hydrogens (primary N) is 2. The zero-order chi connectivity index (χ0) is 39.6. The van der Waals surface area contributed by atoms with E-state index >= 15 is 0 Å². The topological polar surface area (TPSA) is 197 Å². The number of amides is 6. The third-order valence-corrected chi connectivity index (χ3v) is 10.2. The molecule has 1 fully saturated rings. The average Bonchev–Trinajstić information content (AvgIpc) is 3.65. The lowest BCUT2D eigenvalue weighted by Crippen LogP contribution is -2.59. The number of likely N-dealkylation sites (tertiary alicyclic amines) is 1. The summed E-state index contributed by atoms with van der Waals surface area (Å²) in [6.07, 6.45) is 5.36. The van der Waals surface area contributed by atoms with Crippen LogP contribution in [0.4, 0.5) is 0 Å². The van der Waals surface area contributed by atoms with E-state index in [1.54, 1.807) is 7.05 Å². The van der Waals surface area contributed by atoms with E-state index in [-0.39, 0.29) is 37.6 Å². The lowest BCUT2D eigenvalue weighted by Gasteiger charge is -2.35. The van der Waals surface area contributed by atoms with Crippen molar-refractivity contribution in [3.05, 3.63) is 71.8 Å². The largest absolute Gasteiger partial charge is 0.368 e. The monoisotopic (exact) mass is 765 g/mol. The van der Waals surface area contributed by atoms with E-state index in [1.807, 2.05) is 80.8 Å². The molecular weight excluding hydrogens is 707 g/mol. The van der Waals surface area contributed by atoms with Crippen LogP contribution in [0.2, 0.25) is 0 Å². The molecule has 1 saturated heterocycles. The molecule has 13 nitrogen and oxygen atoms in total. The Balaban J connectivity index is 1.87. The highest BCUT2D eigenvalue weighted by Gasteiger charge is 2.42. The summed E-state index contributed by atoms with van der Waals surface area (Å²) in [7, 11) is 1.55. The minimum absolute atomic E-state index is 0.0333. The quantitative estimate of drug-likeness (QED) is 0.112. The molecule has 5 atom stereocenters. The number of likely N-dealkylation sites (N-methyl/N-ethyl adjacent to an activating group) is 1. The van der Waals surface area contributed by atoms with Gasteiger partial charge in [0.1, 0.15) is 30.2 Å². The van der Waals surface area contributed by atoms with Gasteiger partial charge < -0.3 is 37.2 Å². The molecule has 0 aromatic heterocycles. The molecular formula is C40H59N7O6S. The number of hydrogen-bond acceptors (Lipinski definition) is 8. The summed E-state index contributed by atoms with van der Waals surface area (Å²) in [5, 5.41) is 8.56.